The van der Waals surface area contributed by atoms with Gasteiger partial charge in [0.15, 0.2) is 0 Å². The third-order valence-corrected chi connectivity index (χ3v) is 4.06. The molecule has 0 aliphatic carbocycles. The number of benzene rings is 2. The van der Waals surface area contributed by atoms with Gasteiger partial charge in [0.1, 0.15) is 11.6 Å². The first-order valence-electron chi connectivity index (χ1n) is 8.92. The van der Waals surface area contributed by atoms with Crippen LogP contribution in [0.25, 0.3) is 10.9 Å². The average Bonchev–Trinajstić information content (AvgIpc) is 2.64. The molecule has 0 saturated heterocycles. The molecule has 0 bridgehead atoms. The van der Waals surface area contributed by atoms with Crippen LogP contribution in [0.3, 0.4) is 0 Å². The van der Waals surface area contributed by atoms with E-state index in [-0.39, 0.29) is 23.1 Å². The van der Waals surface area contributed by atoms with Crippen molar-refractivity contribution >= 4 is 16.8 Å². The molecule has 6 nitrogen and oxygen atoms in total. The number of carbonyl (C=O) groups is 1. The number of nitrogens with one attached hydrogen (secondary N) is 1. The van der Waals surface area contributed by atoms with Gasteiger partial charge in [0.05, 0.1) is 17.3 Å². The van der Waals surface area contributed by atoms with Gasteiger partial charge in [-0.25, -0.2) is 9.66 Å². The fraction of sp³-hybridized carbons (Fsp3) is 0.250. The van der Waals surface area contributed by atoms with E-state index < -0.39 is 23.6 Å². The Morgan fingerprint density at radius 1 is 1.17 bits per heavy atom. The SMILES string of the molecule is CCCc1nc2cc(OC(F)(F)F)ccc2c(=O)n1NC(=O)Cc1ccccc1. The van der Waals surface area contributed by atoms with E-state index in [1.165, 1.54) is 6.07 Å². The van der Waals surface area contributed by atoms with E-state index in [2.05, 4.69) is 15.1 Å². The van der Waals surface area contributed by atoms with Crippen molar-refractivity contribution in [3.05, 3.63) is 70.3 Å². The van der Waals surface area contributed by atoms with E-state index in [0.29, 0.717) is 12.8 Å². The lowest BCUT2D eigenvalue weighted by Gasteiger charge is -2.15. The van der Waals surface area contributed by atoms with Crippen LogP contribution in [0.2, 0.25) is 0 Å². The van der Waals surface area contributed by atoms with Gasteiger partial charge in [-0.15, -0.1) is 13.2 Å². The third-order valence-electron chi connectivity index (χ3n) is 4.06. The standard InChI is InChI=1S/C20H18F3N3O3/c1-2-6-17-24-16-12-14(29-20(21,22)23)9-10-15(16)19(28)26(17)25-18(27)11-13-7-4-3-5-8-13/h3-5,7-10,12H,2,6,11H2,1H3,(H,25,27). The molecule has 1 amide bonds. The number of ether oxygens (including phenoxy) is 1. The number of hydrogen-bond donors (Lipinski definition) is 1. The highest BCUT2D eigenvalue weighted by Crippen LogP contribution is 2.25. The predicted octanol–water partition coefficient (Wildman–Crippen LogP) is 3.56. The molecule has 2 aromatic carbocycles. The van der Waals surface area contributed by atoms with Crippen molar-refractivity contribution in [2.24, 2.45) is 0 Å². The first-order chi connectivity index (χ1) is 13.8. The van der Waals surface area contributed by atoms with Crippen LogP contribution in [0.15, 0.2) is 53.3 Å². The zero-order valence-corrected chi connectivity index (χ0v) is 15.5. The second-order valence-corrected chi connectivity index (χ2v) is 6.34. The van der Waals surface area contributed by atoms with Crippen molar-refractivity contribution < 1.29 is 22.7 Å². The van der Waals surface area contributed by atoms with Crippen LogP contribution >= 0.6 is 0 Å². The fourth-order valence-electron chi connectivity index (χ4n) is 2.86. The molecule has 9 heteroatoms. The normalized spacial score (nSPS) is 11.4. The van der Waals surface area contributed by atoms with Gasteiger partial charge in [0.25, 0.3) is 5.56 Å². The smallest absolute Gasteiger partial charge is 0.406 e. The summed E-state index contributed by atoms with van der Waals surface area (Å²) >= 11 is 0. The second kappa shape index (κ2) is 8.34. The van der Waals surface area contributed by atoms with E-state index in [9.17, 15) is 22.8 Å². The average molecular weight is 405 g/mol. The lowest BCUT2D eigenvalue weighted by molar-refractivity contribution is -0.274. The minimum atomic E-state index is -4.85. The van der Waals surface area contributed by atoms with E-state index in [0.717, 1.165) is 22.4 Å². The molecule has 0 aliphatic heterocycles. The number of fused-ring (bicyclic) bond motifs is 1. The van der Waals surface area contributed by atoms with Crippen molar-refractivity contribution in [3.63, 3.8) is 0 Å². The quantitative estimate of drug-likeness (QED) is 0.681. The Balaban J connectivity index is 1.96. The monoisotopic (exact) mass is 405 g/mol. The second-order valence-electron chi connectivity index (χ2n) is 6.34. The highest BCUT2D eigenvalue weighted by Gasteiger charge is 2.31. The first-order valence-corrected chi connectivity index (χ1v) is 8.92. The van der Waals surface area contributed by atoms with Crippen LogP contribution in [0.5, 0.6) is 5.75 Å². The van der Waals surface area contributed by atoms with Crippen LogP contribution in [0.1, 0.15) is 24.7 Å². The molecule has 1 N–H and O–H groups in total. The molecule has 0 aliphatic rings. The summed E-state index contributed by atoms with van der Waals surface area (Å²) < 4.78 is 42.3. The Hall–Kier alpha value is -3.36. The van der Waals surface area contributed by atoms with Crippen LogP contribution in [-0.4, -0.2) is 21.9 Å². The molecule has 152 valence electrons. The van der Waals surface area contributed by atoms with Crippen molar-refractivity contribution in [3.8, 4) is 5.75 Å². The third kappa shape index (κ3) is 5.13. The van der Waals surface area contributed by atoms with Gasteiger partial charge in [0, 0.05) is 12.5 Å². The topological polar surface area (TPSA) is 73.2 Å². The Morgan fingerprint density at radius 2 is 1.90 bits per heavy atom. The van der Waals surface area contributed by atoms with E-state index in [4.69, 9.17) is 0 Å². The molecule has 0 atom stereocenters. The van der Waals surface area contributed by atoms with Crippen LogP contribution < -0.4 is 15.7 Å². The summed E-state index contributed by atoms with van der Waals surface area (Å²) in [5, 5.41) is 0.0689. The van der Waals surface area contributed by atoms with Gasteiger partial charge in [-0.1, -0.05) is 37.3 Å². The number of carbonyl (C=O) groups excluding carboxylic acids is 1. The maximum absolute atomic E-state index is 12.9. The lowest BCUT2D eigenvalue weighted by Crippen LogP contribution is -2.37. The Morgan fingerprint density at radius 3 is 2.55 bits per heavy atom. The van der Waals surface area contributed by atoms with Gasteiger partial charge in [-0.3, -0.25) is 15.0 Å². The highest BCUT2D eigenvalue weighted by atomic mass is 19.4. The summed E-state index contributed by atoms with van der Waals surface area (Å²) in [4.78, 5) is 29.5. The molecular weight excluding hydrogens is 387 g/mol. The Kier molecular flexibility index (Phi) is 5.86. The summed E-state index contributed by atoms with van der Waals surface area (Å²) in [5.41, 5.74) is 2.82. The Bertz CT molecular complexity index is 1080. The number of aryl methyl sites for hydroxylation is 1. The largest absolute Gasteiger partial charge is 0.573 e. The van der Waals surface area contributed by atoms with Crippen LogP contribution in [-0.2, 0) is 17.6 Å². The predicted molar refractivity (Wildman–Crippen MR) is 101 cm³/mol. The molecule has 0 unspecified atom stereocenters. The summed E-state index contributed by atoms with van der Waals surface area (Å²) in [5.74, 6) is -0.630. The van der Waals surface area contributed by atoms with Gasteiger partial charge >= 0.3 is 6.36 Å². The fourth-order valence-corrected chi connectivity index (χ4v) is 2.86. The molecule has 3 aromatic rings. The summed E-state index contributed by atoms with van der Waals surface area (Å²) in [6.07, 6.45) is -3.82. The molecule has 29 heavy (non-hydrogen) atoms. The zero-order chi connectivity index (χ0) is 21.0. The molecule has 0 spiro atoms. The van der Waals surface area contributed by atoms with Crippen molar-refractivity contribution in [2.45, 2.75) is 32.5 Å². The lowest BCUT2D eigenvalue weighted by atomic mass is 10.1. The number of rotatable bonds is 6. The van der Waals surface area contributed by atoms with Crippen LogP contribution in [0.4, 0.5) is 13.2 Å². The van der Waals surface area contributed by atoms with E-state index in [1.807, 2.05) is 13.0 Å². The molecule has 1 aromatic heterocycles. The number of alkyl halides is 3. The molecule has 0 radical (unpaired) electrons. The maximum Gasteiger partial charge on any atom is 0.573 e. The van der Waals surface area contributed by atoms with Gasteiger partial charge in [0.2, 0.25) is 5.91 Å². The zero-order valence-electron chi connectivity index (χ0n) is 15.5. The number of aromatic nitrogens is 2. The molecular formula is C20H18F3N3O3. The first kappa shape index (κ1) is 20.4. The number of hydrogen-bond acceptors (Lipinski definition) is 4. The minimum Gasteiger partial charge on any atom is -0.406 e. The molecule has 0 fully saturated rings. The minimum absolute atomic E-state index is 0.0637. The Labute approximate surface area is 163 Å². The molecule has 3 rings (SSSR count). The highest BCUT2D eigenvalue weighted by molar-refractivity contribution is 5.86. The summed E-state index contributed by atoms with van der Waals surface area (Å²) in [7, 11) is 0. The van der Waals surface area contributed by atoms with Crippen molar-refractivity contribution in [1.82, 2.24) is 9.66 Å². The van der Waals surface area contributed by atoms with Crippen molar-refractivity contribution in [2.75, 3.05) is 5.43 Å². The summed E-state index contributed by atoms with van der Waals surface area (Å²) in [6.45, 7) is 1.86. The van der Waals surface area contributed by atoms with Gasteiger partial charge < -0.3 is 4.74 Å². The number of halogens is 3. The van der Waals surface area contributed by atoms with Gasteiger partial charge in [-0.2, -0.15) is 0 Å². The molecule has 0 saturated carbocycles. The van der Waals surface area contributed by atoms with Crippen molar-refractivity contribution in [1.29, 1.82) is 0 Å². The van der Waals surface area contributed by atoms with Crippen LogP contribution in [0, 0.1) is 0 Å². The number of nitrogens with zero attached hydrogens (tertiary/aromatic N) is 2. The maximum atomic E-state index is 12.9. The van der Waals surface area contributed by atoms with E-state index in [1.54, 1.807) is 24.3 Å². The summed E-state index contributed by atoms with van der Waals surface area (Å²) in [6, 6.07) is 12.3. The van der Waals surface area contributed by atoms with E-state index >= 15 is 0 Å². The number of amides is 1. The molecule has 1 heterocycles. The van der Waals surface area contributed by atoms with Gasteiger partial charge in [-0.05, 0) is 24.1 Å².